The number of hydrogen-bond donors (Lipinski definition) is 2. The zero-order valence-corrected chi connectivity index (χ0v) is 14.4. The molecule has 1 amide bonds. The summed E-state index contributed by atoms with van der Waals surface area (Å²) in [6.07, 6.45) is 1.32. The molecule has 2 N–H and O–H groups in total. The Bertz CT molecular complexity index is 859. The van der Waals surface area contributed by atoms with Crippen LogP contribution in [0.3, 0.4) is 0 Å². The number of nitrogens with zero attached hydrogens (tertiary/aromatic N) is 3. The van der Waals surface area contributed by atoms with E-state index in [2.05, 4.69) is 15.5 Å². The molecule has 0 saturated heterocycles. The van der Waals surface area contributed by atoms with Crippen LogP contribution in [-0.4, -0.2) is 35.9 Å². The molecule has 0 aliphatic heterocycles. The van der Waals surface area contributed by atoms with E-state index in [-0.39, 0.29) is 30.4 Å². The Morgan fingerprint density at radius 3 is 2.92 bits per heavy atom. The second-order valence-electron chi connectivity index (χ2n) is 5.29. The van der Waals surface area contributed by atoms with E-state index in [1.54, 1.807) is 31.2 Å². The van der Waals surface area contributed by atoms with Crippen LogP contribution in [0.4, 0.5) is 0 Å². The van der Waals surface area contributed by atoms with Crippen molar-refractivity contribution in [2.75, 3.05) is 13.7 Å². The van der Waals surface area contributed by atoms with Gasteiger partial charge in [0, 0.05) is 23.9 Å². The van der Waals surface area contributed by atoms with Gasteiger partial charge in [-0.15, -0.1) is 0 Å². The molecule has 0 radical (unpaired) electrons. The molecule has 2 aromatic rings. The molecular weight excluding hydrogens is 336 g/mol. The summed E-state index contributed by atoms with van der Waals surface area (Å²) in [7, 11) is 1.52. The molecule has 0 aliphatic rings. The lowest BCUT2D eigenvalue weighted by molar-refractivity contribution is -0.123. The van der Waals surface area contributed by atoms with Crippen molar-refractivity contribution in [3.8, 4) is 17.7 Å². The molecule has 134 valence electrons. The summed E-state index contributed by atoms with van der Waals surface area (Å²) in [5.41, 5.74) is 4.24. The van der Waals surface area contributed by atoms with Crippen LogP contribution in [0.25, 0.3) is 0 Å². The number of carbonyl (C=O) groups is 1. The first-order chi connectivity index (χ1) is 12.5. The highest BCUT2D eigenvalue weighted by Gasteiger charge is 2.14. The van der Waals surface area contributed by atoms with E-state index in [1.165, 1.54) is 19.4 Å². The molecule has 2 rings (SSSR count). The van der Waals surface area contributed by atoms with Gasteiger partial charge in [-0.1, -0.05) is 12.1 Å². The molecule has 0 spiro atoms. The van der Waals surface area contributed by atoms with Crippen LogP contribution in [0.2, 0.25) is 0 Å². The standard InChI is InChI=1S/C18H18N4O4/c1-12-7-14(10-25-2)15(8-19)18(21-12)26-11-17(24)22-20-9-13-5-3-4-6-16(13)23/h3-7,9,23H,10-11H2,1-2H3,(H,22,24). The number of para-hydroxylation sites is 1. The number of nitrogens with one attached hydrogen (secondary N) is 1. The zero-order chi connectivity index (χ0) is 18.9. The van der Waals surface area contributed by atoms with Gasteiger partial charge in [0.05, 0.1) is 12.8 Å². The number of nitriles is 1. The first-order valence-corrected chi connectivity index (χ1v) is 7.67. The number of methoxy groups -OCH3 is 1. The largest absolute Gasteiger partial charge is 0.507 e. The predicted molar refractivity (Wildman–Crippen MR) is 93.7 cm³/mol. The van der Waals surface area contributed by atoms with E-state index < -0.39 is 5.91 Å². The average molecular weight is 354 g/mol. The number of hydrogen-bond acceptors (Lipinski definition) is 7. The van der Waals surface area contributed by atoms with Gasteiger partial charge in [-0.05, 0) is 25.1 Å². The van der Waals surface area contributed by atoms with Gasteiger partial charge in [0.1, 0.15) is 17.4 Å². The molecule has 1 aromatic carbocycles. The van der Waals surface area contributed by atoms with Crippen LogP contribution >= 0.6 is 0 Å². The minimum Gasteiger partial charge on any atom is -0.507 e. The Hall–Kier alpha value is -3.44. The molecule has 0 fully saturated rings. The predicted octanol–water partition coefficient (Wildman–Crippen LogP) is 1.64. The Kier molecular flexibility index (Phi) is 6.65. The Morgan fingerprint density at radius 2 is 2.23 bits per heavy atom. The first kappa shape index (κ1) is 18.9. The van der Waals surface area contributed by atoms with Crippen molar-refractivity contribution in [2.45, 2.75) is 13.5 Å². The van der Waals surface area contributed by atoms with Crippen molar-refractivity contribution in [2.24, 2.45) is 5.10 Å². The number of aryl methyl sites for hydroxylation is 1. The molecule has 0 saturated carbocycles. The lowest BCUT2D eigenvalue weighted by Crippen LogP contribution is -2.25. The number of ether oxygens (including phenoxy) is 2. The number of pyridine rings is 1. The summed E-state index contributed by atoms with van der Waals surface area (Å²) >= 11 is 0. The van der Waals surface area contributed by atoms with Crippen LogP contribution in [-0.2, 0) is 16.1 Å². The minimum absolute atomic E-state index is 0.0510. The lowest BCUT2D eigenvalue weighted by atomic mass is 10.1. The maximum Gasteiger partial charge on any atom is 0.278 e. The highest BCUT2D eigenvalue weighted by atomic mass is 16.5. The van der Waals surface area contributed by atoms with E-state index in [0.29, 0.717) is 16.8 Å². The molecule has 0 bridgehead atoms. The summed E-state index contributed by atoms with van der Waals surface area (Å²) in [6, 6.07) is 10.3. The molecule has 8 heteroatoms. The van der Waals surface area contributed by atoms with Crippen molar-refractivity contribution in [1.29, 1.82) is 5.26 Å². The van der Waals surface area contributed by atoms with Crippen LogP contribution in [0.5, 0.6) is 11.6 Å². The number of phenols is 1. The summed E-state index contributed by atoms with van der Waals surface area (Å²) in [6.45, 7) is 1.62. The molecule has 1 heterocycles. The fourth-order valence-corrected chi connectivity index (χ4v) is 2.14. The Labute approximate surface area is 150 Å². The van der Waals surface area contributed by atoms with E-state index in [9.17, 15) is 15.2 Å². The van der Waals surface area contributed by atoms with Gasteiger partial charge in [-0.3, -0.25) is 4.79 Å². The minimum atomic E-state index is -0.530. The van der Waals surface area contributed by atoms with Crippen molar-refractivity contribution >= 4 is 12.1 Å². The summed E-state index contributed by atoms with van der Waals surface area (Å²) in [4.78, 5) is 16.0. The summed E-state index contributed by atoms with van der Waals surface area (Å²) < 4.78 is 10.4. The lowest BCUT2D eigenvalue weighted by Gasteiger charge is -2.10. The molecule has 0 atom stereocenters. The van der Waals surface area contributed by atoms with Crippen LogP contribution in [0, 0.1) is 18.3 Å². The summed E-state index contributed by atoms with van der Waals surface area (Å²) in [5.74, 6) is -0.411. The maximum absolute atomic E-state index is 11.8. The van der Waals surface area contributed by atoms with E-state index >= 15 is 0 Å². The van der Waals surface area contributed by atoms with Crippen LogP contribution in [0.1, 0.15) is 22.4 Å². The van der Waals surface area contributed by atoms with Crippen LogP contribution in [0.15, 0.2) is 35.4 Å². The fraction of sp³-hybridized carbons (Fsp3) is 0.222. The Morgan fingerprint density at radius 1 is 1.46 bits per heavy atom. The van der Waals surface area contributed by atoms with Crippen molar-refractivity contribution in [3.63, 3.8) is 0 Å². The first-order valence-electron chi connectivity index (χ1n) is 7.67. The fourth-order valence-electron chi connectivity index (χ4n) is 2.14. The third kappa shape index (κ3) is 5.03. The molecule has 1 aromatic heterocycles. The molecule has 8 nitrogen and oxygen atoms in total. The van der Waals surface area contributed by atoms with Gasteiger partial charge >= 0.3 is 0 Å². The SMILES string of the molecule is COCc1cc(C)nc(OCC(=O)NN=Cc2ccccc2O)c1C#N. The van der Waals surface area contributed by atoms with Crippen molar-refractivity contribution < 1.29 is 19.4 Å². The van der Waals surface area contributed by atoms with E-state index in [4.69, 9.17) is 9.47 Å². The van der Waals surface area contributed by atoms with Crippen molar-refractivity contribution in [3.05, 3.63) is 52.7 Å². The van der Waals surface area contributed by atoms with Gasteiger partial charge in [0.2, 0.25) is 5.88 Å². The normalized spacial score (nSPS) is 10.5. The third-order valence-corrected chi connectivity index (χ3v) is 3.28. The summed E-state index contributed by atoms with van der Waals surface area (Å²) in [5, 5.41) is 22.7. The van der Waals surface area contributed by atoms with Crippen LogP contribution < -0.4 is 10.2 Å². The molecular formula is C18H18N4O4. The number of aromatic hydroxyl groups is 1. The number of phenolic OH excluding ortho intramolecular Hbond substituents is 1. The molecule has 26 heavy (non-hydrogen) atoms. The van der Waals surface area contributed by atoms with Gasteiger partial charge in [0.15, 0.2) is 6.61 Å². The van der Waals surface area contributed by atoms with Crippen molar-refractivity contribution in [1.82, 2.24) is 10.4 Å². The van der Waals surface area contributed by atoms with E-state index in [0.717, 1.165) is 0 Å². The third-order valence-electron chi connectivity index (χ3n) is 3.28. The van der Waals surface area contributed by atoms with Gasteiger partial charge in [0.25, 0.3) is 5.91 Å². The smallest absolute Gasteiger partial charge is 0.278 e. The number of carbonyl (C=O) groups excluding carboxylic acids is 1. The quantitative estimate of drug-likeness (QED) is 0.577. The number of benzene rings is 1. The zero-order valence-electron chi connectivity index (χ0n) is 14.4. The number of aromatic nitrogens is 1. The maximum atomic E-state index is 11.8. The second kappa shape index (κ2) is 9.15. The highest BCUT2D eigenvalue weighted by molar-refractivity contribution is 5.85. The molecule has 0 aliphatic carbocycles. The number of rotatable bonds is 7. The monoisotopic (exact) mass is 354 g/mol. The van der Waals surface area contributed by atoms with Gasteiger partial charge in [-0.25, -0.2) is 10.4 Å². The number of amides is 1. The topological polar surface area (TPSA) is 117 Å². The Balaban J connectivity index is 1.99. The highest BCUT2D eigenvalue weighted by Crippen LogP contribution is 2.21. The average Bonchev–Trinajstić information content (AvgIpc) is 2.61. The molecule has 0 unspecified atom stereocenters. The van der Waals surface area contributed by atoms with E-state index in [1.807, 2.05) is 6.07 Å². The number of hydrazone groups is 1. The second-order valence-corrected chi connectivity index (χ2v) is 5.29. The van der Waals surface area contributed by atoms with Gasteiger partial charge < -0.3 is 14.6 Å². The van der Waals surface area contributed by atoms with Gasteiger partial charge in [-0.2, -0.15) is 10.4 Å².